The highest BCUT2D eigenvalue weighted by molar-refractivity contribution is 7.22. The Kier molecular flexibility index (Phi) is 4.63. The average molecular weight is 421 g/mol. The van der Waals surface area contributed by atoms with Gasteiger partial charge in [-0.1, -0.05) is 29.0 Å². The fourth-order valence-corrected chi connectivity index (χ4v) is 5.02. The molecule has 0 fully saturated rings. The van der Waals surface area contributed by atoms with Gasteiger partial charge in [0.25, 0.3) is 5.91 Å². The Morgan fingerprint density at radius 2 is 2.22 bits per heavy atom. The molecule has 138 valence electrons. The lowest BCUT2D eigenvalue weighted by atomic mass is 10.1. The van der Waals surface area contributed by atoms with E-state index < -0.39 is 23.7 Å². The molecule has 1 aliphatic rings. The number of hydrogen-bond acceptors (Lipinski definition) is 7. The van der Waals surface area contributed by atoms with Gasteiger partial charge in [-0.15, -0.1) is 11.3 Å². The number of rotatable bonds is 4. The minimum absolute atomic E-state index is 0.0680. The number of thiazole rings is 1. The Labute approximate surface area is 167 Å². The van der Waals surface area contributed by atoms with Gasteiger partial charge < -0.3 is 9.84 Å². The highest BCUT2D eigenvalue weighted by Gasteiger charge is 2.47. The number of carbonyl (C=O) groups is 2. The number of halogens is 1. The number of aliphatic hydroxyl groups is 1. The number of hydrogen-bond donors (Lipinski definition) is 1. The molecule has 0 spiro atoms. The zero-order valence-corrected chi connectivity index (χ0v) is 16.4. The van der Waals surface area contributed by atoms with E-state index in [0.717, 1.165) is 9.58 Å². The summed E-state index contributed by atoms with van der Waals surface area (Å²) in [6, 6.07) is 8.08. The normalized spacial score (nSPS) is 17.2. The largest absolute Gasteiger partial charge is 0.503 e. The van der Waals surface area contributed by atoms with Crippen molar-refractivity contribution in [2.24, 2.45) is 0 Å². The third-order valence-corrected chi connectivity index (χ3v) is 6.24. The molecule has 0 radical (unpaired) electrons. The van der Waals surface area contributed by atoms with Crippen LogP contribution in [0.15, 0.2) is 47.0 Å². The molecule has 1 aromatic carbocycles. The third kappa shape index (κ3) is 2.99. The van der Waals surface area contributed by atoms with E-state index in [1.807, 2.05) is 11.4 Å². The Bertz CT molecular complexity index is 1070. The molecule has 1 aliphatic heterocycles. The van der Waals surface area contributed by atoms with Crippen LogP contribution in [0.25, 0.3) is 10.2 Å². The number of nitrogens with zero attached hydrogens (tertiary/aromatic N) is 2. The first-order chi connectivity index (χ1) is 13.0. The van der Waals surface area contributed by atoms with Crippen LogP contribution in [0, 0.1) is 0 Å². The van der Waals surface area contributed by atoms with Crippen molar-refractivity contribution in [2.75, 3.05) is 11.5 Å². The molecular weight excluding hydrogens is 408 g/mol. The van der Waals surface area contributed by atoms with Crippen molar-refractivity contribution in [3.05, 3.63) is 56.9 Å². The lowest BCUT2D eigenvalue weighted by molar-refractivity contribution is -0.139. The van der Waals surface area contributed by atoms with Gasteiger partial charge in [0.2, 0.25) is 0 Å². The summed E-state index contributed by atoms with van der Waals surface area (Å²) in [6.45, 7) is 1.81. The molecule has 0 saturated heterocycles. The number of esters is 1. The molecule has 27 heavy (non-hydrogen) atoms. The molecule has 9 heteroatoms. The Balaban J connectivity index is 1.85. The zero-order chi connectivity index (χ0) is 19.1. The molecule has 1 unspecified atom stereocenters. The van der Waals surface area contributed by atoms with Crippen molar-refractivity contribution in [3.8, 4) is 0 Å². The SMILES string of the molecule is CCOC(=O)C1=C(O)C(=O)N(c2nc3ccc(Cl)cc3s2)C1c1cccs1. The fourth-order valence-electron chi connectivity index (χ4n) is 2.93. The van der Waals surface area contributed by atoms with E-state index in [1.165, 1.54) is 27.6 Å². The zero-order valence-electron chi connectivity index (χ0n) is 14.0. The molecule has 0 aliphatic carbocycles. The maximum absolute atomic E-state index is 12.8. The van der Waals surface area contributed by atoms with Crippen molar-refractivity contribution in [1.29, 1.82) is 0 Å². The third-order valence-electron chi connectivity index (χ3n) is 4.06. The van der Waals surface area contributed by atoms with E-state index in [4.69, 9.17) is 16.3 Å². The molecule has 1 N–H and O–H groups in total. The number of benzene rings is 1. The highest BCUT2D eigenvalue weighted by Crippen LogP contribution is 2.44. The first kappa shape index (κ1) is 18.0. The molecule has 0 saturated carbocycles. The first-order valence-corrected chi connectivity index (χ1v) is 10.1. The molecule has 1 amide bonds. The summed E-state index contributed by atoms with van der Waals surface area (Å²) in [6.07, 6.45) is 0. The molecular formula is C18H13ClN2O4S2. The summed E-state index contributed by atoms with van der Waals surface area (Å²) in [5.41, 5.74) is 0.614. The number of aliphatic hydroxyl groups excluding tert-OH is 1. The lowest BCUT2D eigenvalue weighted by Crippen LogP contribution is -2.30. The number of thiophene rings is 1. The summed E-state index contributed by atoms with van der Waals surface area (Å²) in [4.78, 5) is 31.9. The van der Waals surface area contributed by atoms with Crippen LogP contribution in [0.1, 0.15) is 17.8 Å². The lowest BCUT2D eigenvalue weighted by Gasteiger charge is -2.22. The Morgan fingerprint density at radius 3 is 2.93 bits per heavy atom. The summed E-state index contributed by atoms with van der Waals surface area (Å²) >= 11 is 8.69. The van der Waals surface area contributed by atoms with Crippen LogP contribution < -0.4 is 4.90 Å². The maximum atomic E-state index is 12.8. The van der Waals surface area contributed by atoms with Crippen LogP contribution in [0.2, 0.25) is 5.02 Å². The molecule has 4 rings (SSSR count). The Morgan fingerprint density at radius 1 is 1.41 bits per heavy atom. The van der Waals surface area contributed by atoms with E-state index in [-0.39, 0.29) is 12.2 Å². The summed E-state index contributed by atoms with van der Waals surface area (Å²) in [7, 11) is 0. The second-order valence-corrected chi connectivity index (χ2v) is 8.11. The molecule has 3 heterocycles. The van der Waals surface area contributed by atoms with Crippen molar-refractivity contribution < 1.29 is 19.4 Å². The van der Waals surface area contributed by atoms with E-state index in [0.29, 0.717) is 15.7 Å². The second kappa shape index (κ2) is 6.95. The van der Waals surface area contributed by atoms with Gasteiger partial charge in [-0.2, -0.15) is 0 Å². The van der Waals surface area contributed by atoms with E-state index >= 15 is 0 Å². The fraction of sp³-hybridized carbons (Fsp3) is 0.167. The number of fused-ring (bicyclic) bond motifs is 1. The van der Waals surface area contributed by atoms with Crippen LogP contribution in [-0.4, -0.2) is 28.6 Å². The smallest absolute Gasteiger partial charge is 0.340 e. The van der Waals surface area contributed by atoms with Crippen LogP contribution in [-0.2, 0) is 14.3 Å². The van der Waals surface area contributed by atoms with Gasteiger partial charge >= 0.3 is 5.97 Å². The van der Waals surface area contributed by atoms with Gasteiger partial charge in [0.1, 0.15) is 11.6 Å². The van der Waals surface area contributed by atoms with Crippen molar-refractivity contribution in [1.82, 2.24) is 4.98 Å². The van der Waals surface area contributed by atoms with Gasteiger partial charge in [-0.25, -0.2) is 9.78 Å². The van der Waals surface area contributed by atoms with Crippen LogP contribution >= 0.6 is 34.3 Å². The minimum Gasteiger partial charge on any atom is -0.503 e. The summed E-state index contributed by atoms with van der Waals surface area (Å²) < 4.78 is 5.87. The predicted molar refractivity (Wildman–Crippen MR) is 105 cm³/mol. The van der Waals surface area contributed by atoms with Gasteiger partial charge in [0, 0.05) is 9.90 Å². The average Bonchev–Trinajstić information content (AvgIpc) is 3.34. The molecule has 0 bridgehead atoms. The van der Waals surface area contributed by atoms with Crippen LogP contribution in [0.4, 0.5) is 5.13 Å². The van der Waals surface area contributed by atoms with Gasteiger partial charge in [-0.3, -0.25) is 9.69 Å². The van der Waals surface area contributed by atoms with E-state index in [1.54, 1.807) is 31.2 Å². The number of amides is 1. The topological polar surface area (TPSA) is 79.7 Å². The predicted octanol–water partition coefficient (Wildman–Crippen LogP) is 4.47. The monoisotopic (exact) mass is 420 g/mol. The molecule has 1 atom stereocenters. The number of carbonyl (C=O) groups excluding carboxylic acids is 2. The van der Waals surface area contributed by atoms with E-state index in [2.05, 4.69) is 4.98 Å². The van der Waals surface area contributed by atoms with Crippen molar-refractivity contribution in [2.45, 2.75) is 13.0 Å². The van der Waals surface area contributed by atoms with Gasteiger partial charge in [0.15, 0.2) is 10.9 Å². The maximum Gasteiger partial charge on any atom is 0.340 e. The molecule has 2 aromatic heterocycles. The Hall–Kier alpha value is -2.42. The second-order valence-electron chi connectivity index (χ2n) is 5.68. The van der Waals surface area contributed by atoms with Crippen LogP contribution in [0.3, 0.4) is 0 Å². The first-order valence-electron chi connectivity index (χ1n) is 8.04. The van der Waals surface area contributed by atoms with Crippen molar-refractivity contribution in [3.63, 3.8) is 0 Å². The summed E-state index contributed by atoms with van der Waals surface area (Å²) in [5, 5.41) is 13.2. The van der Waals surface area contributed by atoms with Gasteiger partial charge in [-0.05, 0) is 36.6 Å². The summed E-state index contributed by atoms with van der Waals surface area (Å²) in [5.74, 6) is -2.00. The van der Waals surface area contributed by atoms with E-state index in [9.17, 15) is 14.7 Å². The van der Waals surface area contributed by atoms with Crippen LogP contribution in [0.5, 0.6) is 0 Å². The van der Waals surface area contributed by atoms with Crippen molar-refractivity contribution >= 4 is 61.5 Å². The minimum atomic E-state index is -0.785. The number of anilines is 1. The quantitative estimate of drug-likeness (QED) is 0.629. The standard InChI is InChI=1S/C18H13ClN2O4S2/c1-2-25-17(24)13-14(11-4-3-7-26-11)21(16(23)15(13)22)18-20-10-6-5-9(19)8-12(10)27-18/h3-8,14,22H,2H2,1H3. The molecule has 6 nitrogen and oxygen atoms in total. The molecule has 3 aromatic rings. The highest BCUT2D eigenvalue weighted by atomic mass is 35.5. The number of aromatic nitrogens is 1. The number of ether oxygens (including phenoxy) is 1. The van der Waals surface area contributed by atoms with Gasteiger partial charge in [0.05, 0.1) is 16.8 Å².